The van der Waals surface area contributed by atoms with Crippen molar-refractivity contribution in [2.24, 2.45) is 0 Å². The summed E-state index contributed by atoms with van der Waals surface area (Å²) in [5, 5.41) is 3.00. The van der Waals surface area contributed by atoms with Crippen LogP contribution in [0.25, 0.3) is 0 Å². The van der Waals surface area contributed by atoms with Gasteiger partial charge in [-0.25, -0.2) is 0 Å². The molecule has 2 aromatic carbocycles. The number of hydrogen-bond acceptors (Lipinski definition) is 2. The van der Waals surface area contributed by atoms with Crippen LogP contribution in [-0.4, -0.2) is 23.9 Å². The molecule has 1 atom stereocenters. The van der Waals surface area contributed by atoms with E-state index in [0.29, 0.717) is 12.6 Å². The van der Waals surface area contributed by atoms with E-state index in [2.05, 4.69) is 41.4 Å². The molecule has 1 aliphatic rings. The maximum Gasteiger partial charge on any atom is 0.238 e. The summed E-state index contributed by atoms with van der Waals surface area (Å²) in [7, 11) is 0. The molecule has 1 saturated heterocycles. The molecule has 3 heteroatoms. The number of anilines is 1. The van der Waals surface area contributed by atoms with Crippen molar-refractivity contribution in [3.8, 4) is 0 Å². The molecule has 23 heavy (non-hydrogen) atoms. The van der Waals surface area contributed by atoms with Crippen molar-refractivity contribution in [1.29, 1.82) is 0 Å². The number of likely N-dealkylation sites (tertiary alicyclic amines) is 1. The van der Waals surface area contributed by atoms with Gasteiger partial charge in [0.15, 0.2) is 0 Å². The van der Waals surface area contributed by atoms with E-state index in [1.54, 1.807) is 0 Å². The molecule has 0 radical (unpaired) electrons. The Morgan fingerprint density at radius 1 is 1.13 bits per heavy atom. The van der Waals surface area contributed by atoms with E-state index in [1.165, 1.54) is 16.7 Å². The van der Waals surface area contributed by atoms with E-state index >= 15 is 0 Å². The van der Waals surface area contributed by atoms with E-state index < -0.39 is 0 Å². The van der Waals surface area contributed by atoms with Crippen LogP contribution in [0.2, 0.25) is 0 Å². The van der Waals surface area contributed by atoms with Gasteiger partial charge in [0.1, 0.15) is 0 Å². The minimum Gasteiger partial charge on any atom is -0.325 e. The van der Waals surface area contributed by atoms with Crippen LogP contribution >= 0.6 is 0 Å². The first-order chi connectivity index (χ1) is 11.1. The van der Waals surface area contributed by atoms with Crippen LogP contribution in [0, 0.1) is 13.8 Å². The summed E-state index contributed by atoms with van der Waals surface area (Å²) in [4.78, 5) is 14.6. The second kappa shape index (κ2) is 6.97. The van der Waals surface area contributed by atoms with E-state index in [-0.39, 0.29) is 5.91 Å². The molecular weight excluding hydrogens is 284 g/mol. The molecule has 0 bridgehead atoms. The Labute approximate surface area is 138 Å². The normalized spacial score (nSPS) is 18.1. The lowest BCUT2D eigenvalue weighted by Gasteiger charge is -2.24. The maximum atomic E-state index is 12.3. The maximum absolute atomic E-state index is 12.3. The Morgan fingerprint density at radius 2 is 1.91 bits per heavy atom. The van der Waals surface area contributed by atoms with Crippen LogP contribution in [0.5, 0.6) is 0 Å². The predicted octanol–water partition coefficient (Wildman–Crippen LogP) is 4.08. The molecule has 1 N–H and O–H groups in total. The van der Waals surface area contributed by atoms with Crippen LogP contribution in [0.4, 0.5) is 5.69 Å². The molecule has 0 aromatic heterocycles. The van der Waals surface area contributed by atoms with Crippen LogP contribution in [0.15, 0.2) is 48.5 Å². The highest BCUT2D eigenvalue weighted by molar-refractivity contribution is 5.92. The summed E-state index contributed by atoms with van der Waals surface area (Å²) >= 11 is 0. The molecular formula is C20H24N2O. The zero-order chi connectivity index (χ0) is 16.2. The van der Waals surface area contributed by atoms with Crippen molar-refractivity contribution in [3.05, 3.63) is 65.2 Å². The van der Waals surface area contributed by atoms with E-state index in [1.807, 2.05) is 31.2 Å². The van der Waals surface area contributed by atoms with Gasteiger partial charge in [-0.1, -0.05) is 47.5 Å². The number of nitrogens with one attached hydrogen (secondary N) is 1. The molecule has 120 valence electrons. The molecule has 1 amide bonds. The van der Waals surface area contributed by atoms with Gasteiger partial charge in [0.25, 0.3) is 0 Å². The van der Waals surface area contributed by atoms with Crippen LogP contribution < -0.4 is 5.32 Å². The summed E-state index contributed by atoms with van der Waals surface area (Å²) in [6.07, 6.45) is 2.28. The van der Waals surface area contributed by atoms with Crippen molar-refractivity contribution in [3.63, 3.8) is 0 Å². The van der Waals surface area contributed by atoms with Crippen molar-refractivity contribution in [2.45, 2.75) is 32.7 Å². The quantitative estimate of drug-likeness (QED) is 0.923. The molecule has 0 spiro atoms. The minimum atomic E-state index is 0.0633. The summed E-state index contributed by atoms with van der Waals surface area (Å²) in [6, 6.07) is 16.9. The average Bonchev–Trinajstić information content (AvgIpc) is 2.97. The van der Waals surface area contributed by atoms with E-state index in [0.717, 1.165) is 25.1 Å². The third-order valence-corrected chi connectivity index (χ3v) is 4.47. The molecule has 2 aromatic rings. The first kappa shape index (κ1) is 15.8. The largest absolute Gasteiger partial charge is 0.325 e. The Hall–Kier alpha value is -2.13. The van der Waals surface area contributed by atoms with E-state index in [9.17, 15) is 4.79 Å². The number of hydrogen-bond donors (Lipinski definition) is 1. The number of benzene rings is 2. The number of nitrogens with zero attached hydrogens (tertiary/aromatic N) is 1. The Bertz CT molecular complexity index is 678. The van der Waals surface area contributed by atoms with Gasteiger partial charge in [-0.3, -0.25) is 9.69 Å². The topological polar surface area (TPSA) is 32.3 Å². The molecule has 1 fully saturated rings. The van der Waals surface area contributed by atoms with E-state index in [4.69, 9.17) is 0 Å². The van der Waals surface area contributed by atoms with Gasteiger partial charge in [-0.05, 0) is 50.9 Å². The van der Waals surface area contributed by atoms with Gasteiger partial charge < -0.3 is 5.32 Å². The van der Waals surface area contributed by atoms with Crippen LogP contribution in [0.3, 0.4) is 0 Å². The zero-order valence-electron chi connectivity index (χ0n) is 13.9. The molecule has 0 aliphatic carbocycles. The Balaban J connectivity index is 1.64. The summed E-state index contributed by atoms with van der Waals surface area (Å²) < 4.78 is 0. The highest BCUT2D eigenvalue weighted by Crippen LogP contribution is 2.31. The predicted molar refractivity (Wildman–Crippen MR) is 94.5 cm³/mol. The Kier molecular flexibility index (Phi) is 4.77. The van der Waals surface area contributed by atoms with Gasteiger partial charge in [0.05, 0.1) is 6.54 Å². The summed E-state index contributed by atoms with van der Waals surface area (Å²) in [6.45, 7) is 5.60. The van der Waals surface area contributed by atoms with Crippen molar-refractivity contribution in [2.75, 3.05) is 18.4 Å². The van der Waals surface area contributed by atoms with Crippen molar-refractivity contribution >= 4 is 11.6 Å². The highest BCUT2D eigenvalue weighted by Gasteiger charge is 2.27. The second-order valence-corrected chi connectivity index (χ2v) is 6.46. The van der Waals surface area contributed by atoms with Gasteiger partial charge in [0.2, 0.25) is 5.91 Å². The van der Waals surface area contributed by atoms with Gasteiger partial charge in [0, 0.05) is 11.7 Å². The fourth-order valence-corrected chi connectivity index (χ4v) is 3.29. The number of carbonyl (C=O) groups excluding carboxylic acids is 1. The number of carbonyl (C=O) groups is 1. The molecule has 1 aliphatic heterocycles. The number of amides is 1. The molecule has 1 heterocycles. The monoisotopic (exact) mass is 308 g/mol. The fraction of sp³-hybridized carbons (Fsp3) is 0.350. The Morgan fingerprint density at radius 3 is 2.65 bits per heavy atom. The lowest BCUT2D eigenvalue weighted by atomic mass is 10.0. The first-order valence-electron chi connectivity index (χ1n) is 8.29. The lowest BCUT2D eigenvalue weighted by Crippen LogP contribution is -2.32. The molecule has 3 rings (SSSR count). The second-order valence-electron chi connectivity index (χ2n) is 6.46. The number of aryl methyl sites for hydroxylation is 2. The first-order valence-corrected chi connectivity index (χ1v) is 8.29. The smallest absolute Gasteiger partial charge is 0.238 e. The van der Waals surface area contributed by atoms with Gasteiger partial charge in [-0.15, -0.1) is 0 Å². The fourth-order valence-electron chi connectivity index (χ4n) is 3.29. The minimum absolute atomic E-state index is 0.0633. The highest BCUT2D eigenvalue weighted by atomic mass is 16.2. The summed E-state index contributed by atoms with van der Waals surface area (Å²) in [5.74, 6) is 0.0633. The average molecular weight is 308 g/mol. The standard InChI is InChI=1S/C20H24N2O/c1-15-8-10-18(11-9-15)21-20(23)14-22-12-4-7-19(22)17-6-3-5-16(2)13-17/h3,5-6,8-11,13,19H,4,7,12,14H2,1-2H3,(H,21,23). The van der Waals surface area contributed by atoms with Crippen molar-refractivity contribution in [1.82, 2.24) is 4.90 Å². The van der Waals surface area contributed by atoms with Crippen molar-refractivity contribution < 1.29 is 4.79 Å². The van der Waals surface area contributed by atoms with Gasteiger partial charge in [-0.2, -0.15) is 0 Å². The third kappa shape index (κ3) is 3.99. The molecule has 1 unspecified atom stereocenters. The third-order valence-electron chi connectivity index (χ3n) is 4.47. The zero-order valence-corrected chi connectivity index (χ0v) is 13.9. The number of rotatable bonds is 4. The SMILES string of the molecule is Cc1ccc(NC(=O)CN2CCCC2c2cccc(C)c2)cc1. The van der Waals surface area contributed by atoms with Gasteiger partial charge >= 0.3 is 0 Å². The molecule has 3 nitrogen and oxygen atoms in total. The van der Waals surface area contributed by atoms with Crippen LogP contribution in [0.1, 0.15) is 35.6 Å². The van der Waals surface area contributed by atoms with Crippen LogP contribution in [-0.2, 0) is 4.79 Å². The molecule has 0 saturated carbocycles. The summed E-state index contributed by atoms with van der Waals surface area (Å²) in [5.41, 5.74) is 4.66. The lowest BCUT2D eigenvalue weighted by molar-refractivity contribution is -0.117.